The van der Waals surface area contributed by atoms with E-state index in [-0.39, 0.29) is 17.7 Å². The number of fused-ring (bicyclic) bond motifs is 9. The van der Waals surface area contributed by atoms with E-state index < -0.39 is 0 Å². The summed E-state index contributed by atoms with van der Waals surface area (Å²) in [6, 6.07) is 63.7. The SMILES string of the molecule is CC12CCCCC1(C)N1c3cccc4c3B(c3ccc(N(c5ccc6ccccc6c5)c5cccc6ccccc56)cc3N4c3ccccc3)c3cccc2c31. The van der Waals surface area contributed by atoms with Crippen molar-refractivity contribution in [3.8, 4) is 0 Å². The van der Waals surface area contributed by atoms with Gasteiger partial charge in [-0.2, -0.15) is 0 Å². The van der Waals surface area contributed by atoms with Gasteiger partial charge in [-0.25, -0.2) is 0 Å². The number of anilines is 8. The smallest absolute Gasteiger partial charge is 0.252 e. The maximum atomic E-state index is 2.80. The molecule has 0 spiro atoms. The first-order chi connectivity index (χ1) is 27.5. The highest BCUT2D eigenvalue weighted by Gasteiger charge is 2.61. The van der Waals surface area contributed by atoms with Crippen LogP contribution in [0.2, 0.25) is 0 Å². The minimum atomic E-state index is 0.0182. The second-order valence-electron chi connectivity index (χ2n) is 16.8. The summed E-state index contributed by atoms with van der Waals surface area (Å²) in [5.41, 5.74) is 15.8. The van der Waals surface area contributed by atoms with E-state index in [0.29, 0.717) is 0 Å². The lowest BCUT2D eigenvalue weighted by Crippen LogP contribution is -2.64. The highest BCUT2D eigenvalue weighted by Crippen LogP contribution is 2.61. The van der Waals surface area contributed by atoms with Crippen LogP contribution in [-0.4, -0.2) is 12.3 Å². The van der Waals surface area contributed by atoms with Crippen molar-refractivity contribution >= 4 is 90.1 Å². The van der Waals surface area contributed by atoms with Crippen LogP contribution in [0.15, 0.2) is 170 Å². The molecule has 4 heteroatoms. The molecule has 0 bridgehead atoms. The molecule has 8 aromatic rings. The van der Waals surface area contributed by atoms with Crippen molar-refractivity contribution in [1.29, 1.82) is 0 Å². The zero-order valence-corrected chi connectivity index (χ0v) is 31.9. The van der Waals surface area contributed by atoms with Crippen molar-refractivity contribution in [3.05, 3.63) is 175 Å². The van der Waals surface area contributed by atoms with E-state index in [1.54, 1.807) is 0 Å². The molecule has 1 fully saturated rings. The van der Waals surface area contributed by atoms with Crippen LogP contribution in [0.3, 0.4) is 0 Å². The lowest BCUT2D eigenvalue weighted by Gasteiger charge is -2.52. The van der Waals surface area contributed by atoms with Crippen LogP contribution in [0.25, 0.3) is 21.5 Å². The average Bonchev–Trinajstić information content (AvgIpc) is 3.46. The number of benzene rings is 8. The average molecular weight is 720 g/mol. The molecule has 12 rings (SSSR count). The Kier molecular flexibility index (Phi) is 6.65. The molecule has 56 heavy (non-hydrogen) atoms. The summed E-state index contributed by atoms with van der Waals surface area (Å²) in [5, 5.41) is 4.93. The lowest BCUT2D eigenvalue weighted by molar-refractivity contribution is 0.195. The number of hydrogen-bond donors (Lipinski definition) is 0. The first-order valence-electron chi connectivity index (χ1n) is 20.4. The molecule has 3 aliphatic heterocycles. The van der Waals surface area contributed by atoms with E-state index in [9.17, 15) is 0 Å². The third-order valence-electron chi connectivity index (χ3n) is 14.1. The number of nitrogens with zero attached hydrogens (tertiary/aromatic N) is 3. The molecule has 2 unspecified atom stereocenters. The van der Waals surface area contributed by atoms with E-state index in [1.165, 1.54) is 103 Å². The third kappa shape index (κ3) is 4.19. The quantitative estimate of drug-likeness (QED) is 0.168. The van der Waals surface area contributed by atoms with Gasteiger partial charge < -0.3 is 14.7 Å². The highest BCUT2D eigenvalue weighted by molar-refractivity contribution is 7.00. The molecule has 4 aliphatic rings. The first kappa shape index (κ1) is 32.0. The van der Waals surface area contributed by atoms with Crippen molar-refractivity contribution in [2.24, 2.45) is 0 Å². The summed E-state index contributed by atoms with van der Waals surface area (Å²) in [5.74, 6) is 0. The van der Waals surface area contributed by atoms with E-state index in [2.05, 4.69) is 198 Å². The molecule has 0 amide bonds. The minimum Gasteiger partial charge on any atom is -0.335 e. The standard InChI is InChI=1S/C52H42BN3/c1-51-31-10-11-32-52(51,2)56-47-26-14-25-46-49(47)53(44-23-13-22-42(51)50(44)56)43-30-29-40(34-48(43)55(46)38-19-4-3-5-20-38)54(39-28-27-35-15-6-7-17-37(35)33-39)45-24-12-18-36-16-8-9-21-41(36)45/h3-9,12-30,33-34H,10-11,31-32H2,1-2H3. The van der Waals surface area contributed by atoms with Gasteiger partial charge in [0.25, 0.3) is 6.71 Å². The predicted octanol–water partition coefficient (Wildman–Crippen LogP) is 11.8. The molecule has 268 valence electrons. The Morgan fingerprint density at radius 3 is 2.12 bits per heavy atom. The second kappa shape index (κ2) is 11.6. The Balaban J connectivity index is 1.14. The Bertz CT molecular complexity index is 2900. The molecule has 3 nitrogen and oxygen atoms in total. The summed E-state index contributed by atoms with van der Waals surface area (Å²) in [6.07, 6.45) is 4.99. The van der Waals surface area contributed by atoms with E-state index in [4.69, 9.17) is 0 Å². The monoisotopic (exact) mass is 719 g/mol. The van der Waals surface area contributed by atoms with Gasteiger partial charge in [0.2, 0.25) is 0 Å². The largest absolute Gasteiger partial charge is 0.335 e. The molecule has 1 aliphatic carbocycles. The van der Waals surface area contributed by atoms with Gasteiger partial charge in [0, 0.05) is 50.6 Å². The maximum absolute atomic E-state index is 2.80. The third-order valence-corrected chi connectivity index (χ3v) is 14.1. The molecule has 8 aromatic carbocycles. The Morgan fingerprint density at radius 1 is 0.536 bits per heavy atom. The maximum Gasteiger partial charge on any atom is 0.252 e. The fourth-order valence-corrected chi connectivity index (χ4v) is 11.3. The van der Waals surface area contributed by atoms with Crippen LogP contribution in [0, 0.1) is 0 Å². The lowest BCUT2D eigenvalue weighted by atomic mass is 9.33. The first-order valence-corrected chi connectivity index (χ1v) is 20.4. The Morgan fingerprint density at radius 2 is 1.23 bits per heavy atom. The molecule has 2 atom stereocenters. The second-order valence-corrected chi connectivity index (χ2v) is 16.8. The Labute approximate surface area is 329 Å². The van der Waals surface area contributed by atoms with Crippen molar-refractivity contribution in [1.82, 2.24) is 0 Å². The minimum absolute atomic E-state index is 0.0182. The molecule has 1 saturated carbocycles. The Hall–Kier alpha value is -6.26. The summed E-state index contributed by atoms with van der Waals surface area (Å²) in [7, 11) is 0. The van der Waals surface area contributed by atoms with Gasteiger partial charge in [-0.3, -0.25) is 0 Å². The van der Waals surface area contributed by atoms with E-state index in [0.717, 1.165) is 11.4 Å². The molecule has 3 heterocycles. The van der Waals surface area contributed by atoms with E-state index >= 15 is 0 Å². The van der Waals surface area contributed by atoms with Crippen molar-refractivity contribution in [2.45, 2.75) is 50.5 Å². The van der Waals surface area contributed by atoms with Crippen LogP contribution in [0.4, 0.5) is 45.5 Å². The number of rotatable bonds is 4. The van der Waals surface area contributed by atoms with Crippen LogP contribution >= 0.6 is 0 Å². The van der Waals surface area contributed by atoms with Gasteiger partial charge in [-0.1, -0.05) is 135 Å². The van der Waals surface area contributed by atoms with Crippen LogP contribution in [0.1, 0.15) is 45.1 Å². The van der Waals surface area contributed by atoms with Crippen molar-refractivity contribution in [2.75, 3.05) is 14.7 Å². The fourth-order valence-electron chi connectivity index (χ4n) is 11.3. The molecular weight excluding hydrogens is 677 g/mol. The van der Waals surface area contributed by atoms with Crippen LogP contribution in [-0.2, 0) is 5.41 Å². The van der Waals surface area contributed by atoms with E-state index in [1.807, 2.05) is 0 Å². The van der Waals surface area contributed by atoms with Gasteiger partial charge >= 0.3 is 0 Å². The molecule has 0 radical (unpaired) electrons. The summed E-state index contributed by atoms with van der Waals surface area (Å²) in [6.45, 7) is 5.24. The van der Waals surface area contributed by atoms with Gasteiger partial charge in [0.1, 0.15) is 0 Å². The van der Waals surface area contributed by atoms with Crippen molar-refractivity contribution < 1.29 is 0 Å². The van der Waals surface area contributed by atoms with Crippen molar-refractivity contribution in [3.63, 3.8) is 0 Å². The fraction of sp³-hybridized carbons (Fsp3) is 0.154. The summed E-state index contributed by atoms with van der Waals surface area (Å²) >= 11 is 0. The molecule has 0 saturated heterocycles. The molecule has 0 aromatic heterocycles. The van der Waals surface area contributed by atoms with Gasteiger partial charge in [0.15, 0.2) is 0 Å². The van der Waals surface area contributed by atoms with Crippen LogP contribution < -0.4 is 31.1 Å². The van der Waals surface area contributed by atoms with Crippen LogP contribution in [0.5, 0.6) is 0 Å². The molecule has 0 N–H and O–H groups in total. The van der Waals surface area contributed by atoms with Gasteiger partial charge in [0.05, 0.1) is 11.2 Å². The highest BCUT2D eigenvalue weighted by atomic mass is 15.3. The zero-order valence-electron chi connectivity index (χ0n) is 31.9. The normalized spacial score (nSPS) is 20.1. The number of para-hydroxylation sites is 2. The van der Waals surface area contributed by atoms with Gasteiger partial charge in [-0.15, -0.1) is 0 Å². The number of hydrogen-bond acceptors (Lipinski definition) is 3. The summed E-state index contributed by atoms with van der Waals surface area (Å²) < 4.78 is 0. The topological polar surface area (TPSA) is 9.72 Å². The molecular formula is C52H42BN3. The van der Waals surface area contributed by atoms with Gasteiger partial charge in [-0.05, 0) is 112 Å². The predicted molar refractivity (Wildman–Crippen MR) is 238 cm³/mol. The zero-order chi connectivity index (χ0) is 37.2. The summed E-state index contributed by atoms with van der Waals surface area (Å²) in [4.78, 5) is 7.82.